The van der Waals surface area contributed by atoms with Crippen molar-refractivity contribution >= 4 is 17.4 Å². The summed E-state index contributed by atoms with van der Waals surface area (Å²) in [5.74, 6) is 1.43. The molecule has 2 aromatic carbocycles. The molecule has 0 radical (unpaired) electrons. The van der Waals surface area contributed by atoms with Gasteiger partial charge in [-0.25, -0.2) is 9.78 Å². The highest BCUT2D eigenvalue weighted by Gasteiger charge is 2.21. The molecule has 7 nitrogen and oxygen atoms in total. The predicted molar refractivity (Wildman–Crippen MR) is 116 cm³/mol. The number of benzene rings is 2. The van der Waals surface area contributed by atoms with Gasteiger partial charge in [0.25, 0.3) is 0 Å². The van der Waals surface area contributed by atoms with Crippen LogP contribution in [0.25, 0.3) is 0 Å². The number of hydrogen-bond donors (Lipinski definition) is 2. The number of urea groups is 1. The van der Waals surface area contributed by atoms with Gasteiger partial charge in [-0.05, 0) is 37.3 Å². The van der Waals surface area contributed by atoms with E-state index in [0.717, 1.165) is 17.0 Å². The molecule has 1 aliphatic heterocycles. The van der Waals surface area contributed by atoms with E-state index in [1.54, 1.807) is 35.4 Å². The lowest BCUT2D eigenvalue weighted by Gasteiger charge is -2.36. The molecule has 0 saturated carbocycles. The average molecular weight is 404 g/mol. The summed E-state index contributed by atoms with van der Waals surface area (Å²) in [5.41, 5.74) is 2.74. The molecule has 4 rings (SSSR count). The van der Waals surface area contributed by atoms with E-state index in [1.807, 2.05) is 43.3 Å². The van der Waals surface area contributed by atoms with Gasteiger partial charge in [0.05, 0.1) is 11.9 Å². The number of aromatic nitrogens is 1. The highest BCUT2D eigenvalue weighted by molar-refractivity contribution is 5.89. The Kier molecular flexibility index (Phi) is 5.70. The molecular weight excluding hydrogens is 380 g/mol. The van der Waals surface area contributed by atoms with Crippen LogP contribution in [0.1, 0.15) is 5.56 Å². The van der Waals surface area contributed by atoms with Crippen molar-refractivity contribution in [3.05, 3.63) is 72.4 Å². The molecule has 154 valence electrons. The highest BCUT2D eigenvalue weighted by Crippen LogP contribution is 2.23. The van der Waals surface area contributed by atoms with Crippen molar-refractivity contribution in [2.75, 3.05) is 36.4 Å². The molecule has 2 heterocycles. The highest BCUT2D eigenvalue weighted by atomic mass is 16.5. The van der Waals surface area contributed by atoms with E-state index in [4.69, 9.17) is 4.74 Å². The van der Waals surface area contributed by atoms with E-state index in [1.165, 1.54) is 0 Å². The fourth-order valence-corrected chi connectivity index (χ4v) is 3.30. The molecule has 1 saturated heterocycles. The number of phenolic OH excluding ortho intramolecular Hbond substituents is 1. The molecule has 0 unspecified atom stereocenters. The number of phenols is 1. The normalized spacial score (nSPS) is 13.8. The van der Waals surface area contributed by atoms with Gasteiger partial charge in [-0.2, -0.15) is 0 Å². The summed E-state index contributed by atoms with van der Waals surface area (Å²) in [6.07, 6.45) is 1.59. The molecule has 0 bridgehead atoms. The van der Waals surface area contributed by atoms with Gasteiger partial charge in [-0.15, -0.1) is 0 Å². The topological polar surface area (TPSA) is 77.9 Å². The molecule has 1 aromatic heterocycles. The molecule has 3 aromatic rings. The Hall–Kier alpha value is -3.74. The third-order valence-electron chi connectivity index (χ3n) is 4.99. The minimum absolute atomic E-state index is 0.153. The van der Waals surface area contributed by atoms with Crippen molar-refractivity contribution in [2.45, 2.75) is 6.92 Å². The fourth-order valence-electron chi connectivity index (χ4n) is 3.30. The number of aromatic hydroxyl groups is 1. The van der Waals surface area contributed by atoms with Crippen LogP contribution >= 0.6 is 0 Å². The first-order chi connectivity index (χ1) is 14.6. The van der Waals surface area contributed by atoms with Crippen molar-refractivity contribution in [1.82, 2.24) is 9.88 Å². The molecule has 0 aliphatic carbocycles. The van der Waals surface area contributed by atoms with E-state index in [9.17, 15) is 9.90 Å². The molecule has 0 atom stereocenters. The lowest BCUT2D eigenvalue weighted by Crippen LogP contribution is -2.50. The molecule has 30 heavy (non-hydrogen) atoms. The number of pyridine rings is 1. The first-order valence-corrected chi connectivity index (χ1v) is 9.87. The van der Waals surface area contributed by atoms with Crippen molar-refractivity contribution in [2.24, 2.45) is 0 Å². The zero-order valence-corrected chi connectivity index (χ0v) is 16.8. The van der Waals surface area contributed by atoms with E-state index in [-0.39, 0.29) is 11.8 Å². The van der Waals surface area contributed by atoms with Crippen molar-refractivity contribution in [3.63, 3.8) is 0 Å². The lowest BCUT2D eigenvalue weighted by molar-refractivity contribution is 0.208. The van der Waals surface area contributed by atoms with Crippen LogP contribution in [0.15, 0.2) is 66.9 Å². The maximum Gasteiger partial charge on any atom is 0.322 e. The molecular formula is C23H24N4O3. The molecule has 1 fully saturated rings. The monoisotopic (exact) mass is 404 g/mol. The molecule has 1 aliphatic rings. The van der Waals surface area contributed by atoms with Crippen molar-refractivity contribution in [1.29, 1.82) is 0 Å². The Labute approximate surface area is 175 Å². The van der Waals surface area contributed by atoms with Crippen LogP contribution < -0.4 is 15.0 Å². The Balaban J connectivity index is 1.29. The number of nitrogens with zero attached hydrogens (tertiary/aromatic N) is 3. The minimum atomic E-state index is -0.153. The third kappa shape index (κ3) is 4.81. The molecule has 2 N–H and O–H groups in total. The summed E-state index contributed by atoms with van der Waals surface area (Å²) >= 11 is 0. The van der Waals surface area contributed by atoms with Gasteiger partial charge >= 0.3 is 6.03 Å². The number of carbonyl (C=O) groups is 1. The quantitative estimate of drug-likeness (QED) is 0.680. The summed E-state index contributed by atoms with van der Waals surface area (Å²) < 4.78 is 5.71. The fraction of sp³-hybridized carbons (Fsp3) is 0.217. The Morgan fingerprint density at radius 3 is 2.47 bits per heavy atom. The second-order valence-corrected chi connectivity index (χ2v) is 7.22. The summed E-state index contributed by atoms with van der Waals surface area (Å²) in [7, 11) is 0. The maximum atomic E-state index is 12.6. The van der Waals surface area contributed by atoms with E-state index < -0.39 is 0 Å². The Morgan fingerprint density at radius 2 is 1.80 bits per heavy atom. The van der Waals surface area contributed by atoms with Gasteiger partial charge in [-0.3, -0.25) is 0 Å². The van der Waals surface area contributed by atoms with Crippen LogP contribution in [0.2, 0.25) is 0 Å². The summed E-state index contributed by atoms with van der Waals surface area (Å²) in [4.78, 5) is 20.8. The van der Waals surface area contributed by atoms with Gasteiger partial charge in [0, 0.05) is 44.0 Å². The van der Waals surface area contributed by atoms with E-state index in [2.05, 4.69) is 15.2 Å². The summed E-state index contributed by atoms with van der Waals surface area (Å²) in [6.45, 7) is 4.63. The number of rotatable bonds is 4. The van der Waals surface area contributed by atoms with Gasteiger partial charge in [0.2, 0.25) is 5.88 Å². The number of piperazine rings is 1. The zero-order valence-electron chi connectivity index (χ0n) is 16.8. The second-order valence-electron chi connectivity index (χ2n) is 7.22. The van der Waals surface area contributed by atoms with Gasteiger partial charge in [0.15, 0.2) is 0 Å². The number of carbonyl (C=O) groups excluding carboxylic acids is 1. The van der Waals surface area contributed by atoms with Crippen molar-refractivity contribution < 1.29 is 14.6 Å². The van der Waals surface area contributed by atoms with Crippen molar-refractivity contribution in [3.8, 4) is 17.4 Å². The number of hydrogen-bond acceptors (Lipinski definition) is 5. The number of ether oxygens (including phenoxy) is 1. The third-order valence-corrected chi connectivity index (χ3v) is 4.99. The van der Waals surface area contributed by atoms with Crippen LogP contribution in [0.3, 0.4) is 0 Å². The van der Waals surface area contributed by atoms with Crippen LogP contribution in [0.5, 0.6) is 17.4 Å². The standard InChI is InChI=1S/C23H24N4O3/c1-17-5-8-21(9-6-17)30-22-10-7-18(16-24-22)25-23(29)27-13-11-26(12-14-27)19-3-2-4-20(28)15-19/h2-10,15-16,28H,11-14H2,1H3,(H,25,29). The number of anilines is 2. The van der Waals surface area contributed by atoms with Gasteiger partial charge in [-0.1, -0.05) is 23.8 Å². The lowest BCUT2D eigenvalue weighted by atomic mass is 10.2. The predicted octanol–water partition coefficient (Wildman–Crippen LogP) is 4.24. The SMILES string of the molecule is Cc1ccc(Oc2ccc(NC(=O)N3CCN(c4cccc(O)c4)CC3)cn2)cc1. The second kappa shape index (κ2) is 8.73. The number of amides is 2. The van der Waals surface area contributed by atoms with Crippen LogP contribution in [0, 0.1) is 6.92 Å². The molecule has 0 spiro atoms. The van der Waals surface area contributed by atoms with Crippen LogP contribution in [-0.4, -0.2) is 47.2 Å². The number of nitrogens with one attached hydrogen (secondary N) is 1. The van der Waals surface area contributed by atoms with E-state index in [0.29, 0.717) is 37.7 Å². The van der Waals surface area contributed by atoms with Crippen LogP contribution in [0.4, 0.5) is 16.2 Å². The molecule has 7 heteroatoms. The first-order valence-electron chi connectivity index (χ1n) is 9.87. The maximum absolute atomic E-state index is 12.6. The Bertz CT molecular complexity index is 998. The summed E-state index contributed by atoms with van der Waals surface area (Å²) in [5, 5.41) is 12.5. The largest absolute Gasteiger partial charge is 0.508 e. The van der Waals surface area contributed by atoms with Gasteiger partial charge < -0.3 is 25.0 Å². The van der Waals surface area contributed by atoms with Crippen LogP contribution in [-0.2, 0) is 0 Å². The smallest absolute Gasteiger partial charge is 0.322 e. The minimum Gasteiger partial charge on any atom is -0.508 e. The first kappa shape index (κ1) is 19.6. The zero-order chi connectivity index (χ0) is 20.9. The van der Waals surface area contributed by atoms with E-state index >= 15 is 0 Å². The average Bonchev–Trinajstić information content (AvgIpc) is 2.77. The van der Waals surface area contributed by atoms with Gasteiger partial charge in [0.1, 0.15) is 11.5 Å². The number of aryl methyl sites for hydroxylation is 1. The molecule has 2 amide bonds. The summed E-state index contributed by atoms with van der Waals surface area (Å²) in [6, 6.07) is 18.3. The Morgan fingerprint density at radius 1 is 1.03 bits per heavy atom.